The summed E-state index contributed by atoms with van der Waals surface area (Å²) in [4.78, 5) is 18.1. The van der Waals surface area contributed by atoms with Gasteiger partial charge in [0.25, 0.3) is 5.91 Å². The molecule has 1 atom stereocenters. The molecule has 0 N–H and O–H groups in total. The van der Waals surface area contributed by atoms with Gasteiger partial charge in [0.1, 0.15) is 11.3 Å². The molecule has 37 heavy (non-hydrogen) atoms. The van der Waals surface area contributed by atoms with Crippen molar-refractivity contribution in [3.8, 4) is 0 Å². The molecule has 2 aromatic carbocycles. The number of aryl methyl sites for hydroxylation is 1. The van der Waals surface area contributed by atoms with Gasteiger partial charge in [0.2, 0.25) is 0 Å². The molecule has 1 unspecified atom stereocenters. The van der Waals surface area contributed by atoms with E-state index >= 15 is 0 Å². The molecule has 2 fully saturated rings. The van der Waals surface area contributed by atoms with Crippen LogP contribution in [0.3, 0.4) is 0 Å². The van der Waals surface area contributed by atoms with Gasteiger partial charge < -0.3 is 19.0 Å². The maximum absolute atomic E-state index is 13.5. The van der Waals surface area contributed by atoms with Crippen molar-refractivity contribution in [1.82, 2.24) is 9.80 Å². The highest BCUT2D eigenvalue weighted by Crippen LogP contribution is 2.33. The van der Waals surface area contributed by atoms with Gasteiger partial charge in [-0.3, -0.25) is 4.79 Å². The lowest BCUT2D eigenvalue weighted by molar-refractivity contribution is 0.00545. The first-order valence-electron chi connectivity index (χ1n) is 14.0. The number of ether oxygens (including phenoxy) is 1. The van der Waals surface area contributed by atoms with Crippen molar-refractivity contribution in [2.75, 3.05) is 45.1 Å². The number of nitrogens with zero attached hydrogens (tertiary/aromatic N) is 2. The van der Waals surface area contributed by atoms with Gasteiger partial charge in [-0.2, -0.15) is 11.8 Å². The van der Waals surface area contributed by atoms with Crippen molar-refractivity contribution in [3.05, 3.63) is 71.5 Å². The van der Waals surface area contributed by atoms with Crippen molar-refractivity contribution in [1.29, 1.82) is 0 Å². The van der Waals surface area contributed by atoms with Crippen LogP contribution >= 0.6 is 11.8 Å². The normalized spacial score (nSPS) is 19.5. The summed E-state index contributed by atoms with van der Waals surface area (Å²) in [5.74, 6) is 2.15. The van der Waals surface area contributed by atoms with Crippen LogP contribution < -0.4 is 0 Å². The molecule has 5 rings (SSSR count). The van der Waals surface area contributed by atoms with Gasteiger partial charge in [-0.15, -0.1) is 0 Å². The zero-order chi connectivity index (χ0) is 25.5. The topological polar surface area (TPSA) is 45.9 Å². The highest BCUT2D eigenvalue weighted by molar-refractivity contribution is 7.99. The van der Waals surface area contributed by atoms with E-state index in [1.807, 2.05) is 29.2 Å². The zero-order valence-electron chi connectivity index (χ0n) is 22.1. The highest BCUT2D eigenvalue weighted by atomic mass is 32.2. The number of hydrogen-bond donors (Lipinski definition) is 0. The largest absolute Gasteiger partial charge is 0.460 e. The molecule has 0 spiro atoms. The van der Waals surface area contributed by atoms with Crippen molar-refractivity contribution in [2.45, 2.75) is 56.8 Å². The number of unbranched alkanes of at least 4 members (excludes halogenated alkanes) is 1. The Labute approximate surface area is 225 Å². The molecule has 198 valence electrons. The van der Waals surface area contributed by atoms with E-state index in [0.717, 1.165) is 100 Å². The van der Waals surface area contributed by atoms with E-state index in [4.69, 9.17) is 9.15 Å². The molecule has 1 aromatic heterocycles. The van der Waals surface area contributed by atoms with Crippen LogP contribution in [0.5, 0.6) is 0 Å². The summed E-state index contributed by atoms with van der Waals surface area (Å²) in [5.41, 5.74) is 3.03. The Morgan fingerprint density at radius 3 is 2.62 bits per heavy atom. The number of carbonyl (C=O) groups excluding carboxylic acids is 1. The molecule has 0 bridgehead atoms. The Bertz CT molecular complexity index is 1140. The third-order valence-corrected chi connectivity index (χ3v) is 8.90. The Morgan fingerprint density at radius 1 is 1.03 bits per heavy atom. The SMILES string of the molecule is CCCCc1oc2ccccc2c1C(=O)N1CCC(OCCCN2CCSC(c3ccccc3)C2)CC1. The van der Waals surface area contributed by atoms with E-state index in [0.29, 0.717) is 5.25 Å². The second-order valence-corrected chi connectivity index (χ2v) is 11.6. The van der Waals surface area contributed by atoms with Crippen molar-refractivity contribution in [2.24, 2.45) is 0 Å². The lowest BCUT2D eigenvalue weighted by Gasteiger charge is -2.33. The minimum Gasteiger partial charge on any atom is -0.460 e. The molecule has 0 aliphatic carbocycles. The summed E-state index contributed by atoms with van der Waals surface area (Å²) in [6.45, 7) is 7.84. The fraction of sp³-hybridized carbons (Fsp3) is 0.516. The third-order valence-electron chi connectivity index (χ3n) is 7.66. The molecule has 5 nitrogen and oxygen atoms in total. The first kappa shape index (κ1) is 26.3. The average Bonchev–Trinajstić information content (AvgIpc) is 3.33. The lowest BCUT2D eigenvalue weighted by atomic mass is 10.0. The van der Waals surface area contributed by atoms with Crippen LogP contribution in [0.2, 0.25) is 0 Å². The predicted octanol–water partition coefficient (Wildman–Crippen LogP) is 6.58. The molecule has 2 aliphatic heterocycles. The first-order valence-corrected chi connectivity index (χ1v) is 15.1. The summed E-state index contributed by atoms with van der Waals surface area (Å²) >= 11 is 2.08. The number of carbonyl (C=O) groups is 1. The minimum absolute atomic E-state index is 0.116. The van der Waals surface area contributed by atoms with Crippen molar-refractivity contribution in [3.63, 3.8) is 0 Å². The maximum atomic E-state index is 13.5. The Kier molecular flexibility index (Phi) is 9.24. The summed E-state index contributed by atoms with van der Waals surface area (Å²) in [5, 5.41) is 1.52. The fourth-order valence-corrected chi connectivity index (χ4v) is 6.85. The van der Waals surface area contributed by atoms with Crippen LogP contribution in [0.1, 0.15) is 66.0 Å². The first-order chi connectivity index (χ1) is 18.2. The Balaban J connectivity index is 1.07. The quantitative estimate of drug-likeness (QED) is 0.283. The second kappa shape index (κ2) is 13.0. The average molecular weight is 521 g/mol. The van der Waals surface area contributed by atoms with Crippen LogP contribution in [0.15, 0.2) is 59.0 Å². The number of benzene rings is 2. The number of fused-ring (bicyclic) bond motifs is 1. The molecular weight excluding hydrogens is 480 g/mol. The van der Waals surface area contributed by atoms with E-state index in [2.05, 4.69) is 53.9 Å². The van der Waals surface area contributed by atoms with Gasteiger partial charge in [-0.05, 0) is 37.3 Å². The standard InChI is InChI=1S/C31H40N2O3S/c1-2-3-13-28-30(26-12-7-8-14-27(26)36-28)31(34)33-18-15-25(16-19-33)35-21-9-17-32-20-22-37-29(23-32)24-10-5-4-6-11-24/h4-8,10-12,14,25,29H,2-3,9,13,15-23H2,1H3. The smallest absolute Gasteiger partial charge is 0.258 e. The number of para-hydroxylation sites is 1. The Morgan fingerprint density at radius 2 is 1.81 bits per heavy atom. The van der Waals surface area contributed by atoms with Crippen LogP contribution in [-0.2, 0) is 11.2 Å². The number of hydrogen-bond acceptors (Lipinski definition) is 5. The van der Waals surface area contributed by atoms with Crippen LogP contribution in [-0.4, -0.2) is 66.9 Å². The summed E-state index contributed by atoms with van der Waals surface area (Å²) in [6.07, 6.45) is 6.04. The summed E-state index contributed by atoms with van der Waals surface area (Å²) in [6, 6.07) is 18.8. The van der Waals surface area contributed by atoms with Gasteiger partial charge in [0, 0.05) is 62.1 Å². The molecule has 3 aromatic rings. The van der Waals surface area contributed by atoms with Crippen molar-refractivity contribution < 1.29 is 13.9 Å². The number of rotatable bonds is 10. The van der Waals surface area contributed by atoms with Gasteiger partial charge >= 0.3 is 0 Å². The minimum atomic E-state index is 0.116. The molecule has 1 amide bonds. The maximum Gasteiger partial charge on any atom is 0.258 e. The third kappa shape index (κ3) is 6.60. The number of piperidine rings is 1. The molecule has 0 radical (unpaired) electrons. The molecular formula is C31H40N2O3S. The summed E-state index contributed by atoms with van der Waals surface area (Å²) < 4.78 is 12.4. The summed E-state index contributed by atoms with van der Waals surface area (Å²) in [7, 11) is 0. The van der Waals surface area contributed by atoms with E-state index < -0.39 is 0 Å². The number of thioether (sulfide) groups is 1. The fourth-order valence-electron chi connectivity index (χ4n) is 5.54. The Hall–Kier alpha value is -2.28. The molecule has 2 saturated heterocycles. The predicted molar refractivity (Wildman–Crippen MR) is 152 cm³/mol. The van der Waals surface area contributed by atoms with Gasteiger partial charge in [-0.1, -0.05) is 61.9 Å². The molecule has 2 aliphatic rings. The van der Waals surface area contributed by atoms with Crippen LogP contribution in [0, 0.1) is 0 Å². The zero-order valence-corrected chi connectivity index (χ0v) is 22.9. The lowest BCUT2D eigenvalue weighted by Crippen LogP contribution is -2.41. The highest BCUT2D eigenvalue weighted by Gasteiger charge is 2.29. The van der Waals surface area contributed by atoms with Crippen LogP contribution in [0.4, 0.5) is 0 Å². The van der Waals surface area contributed by atoms with Gasteiger partial charge in [-0.25, -0.2) is 0 Å². The second-order valence-electron chi connectivity index (χ2n) is 10.3. The molecule has 3 heterocycles. The molecule has 6 heteroatoms. The van der Waals surface area contributed by atoms with Gasteiger partial charge in [0.05, 0.1) is 11.7 Å². The van der Waals surface area contributed by atoms with Crippen molar-refractivity contribution >= 4 is 28.6 Å². The number of furan rings is 1. The number of amides is 1. The number of likely N-dealkylation sites (tertiary alicyclic amines) is 1. The van der Waals surface area contributed by atoms with Gasteiger partial charge in [0.15, 0.2) is 0 Å². The van der Waals surface area contributed by atoms with E-state index in [-0.39, 0.29) is 12.0 Å². The monoisotopic (exact) mass is 520 g/mol. The van der Waals surface area contributed by atoms with E-state index in [1.54, 1.807) is 0 Å². The van der Waals surface area contributed by atoms with E-state index in [1.165, 1.54) is 11.3 Å². The van der Waals surface area contributed by atoms with Crippen LogP contribution in [0.25, 0.3) is 11.0 Å². The molecule has 0 saturated carbocycles. The van der Waals surface area contributed by atoms with E-state index in [9.17, 15) is 4.79 Å².